The van der Waals surface area contributed by atoms with Crippen molar-refractivity contribution in [3.8, 4) is 0 Å². The number of para-hydroxylation sites is 1. The number of carboxylic acid groups (broad SMARTS) is 2. The minimum atomic E-state index is -1.26. The zero-order valence-corrected chi connectivity index (χ0v) is 10.5. The molecule has 1 aliphatic rings. The fourth-order valence-electron chi connectivity index (χ4n) is 1.35. The molecule has 0 aliphatic carbocycles. The molecule has 6 nitrogen and oxygen atoms in total. The van der Waals surface area contributed by atoms with Gasteiger partial charge in [-0.2, -0.15) is 0 Å². The molecule has 1 aromatic rings. The van der Waals surface area contributed by atoms with E-state index in [9.17, 15) is 9.59 Å². The smallest absolute Gasteiger partial charge is 0.328 e. The van der Waals surface area contributed by atoms with Gasteiger partial charge in [0.15, 0.2) is 0 Å². The molecule has 6 heteroatoms. The third-order valence-electron chi connectivity index (χ3n) is 2.17. The number of anilines is 1. The third-order valence-corrected chi connectivity index (χ3v) is 2.17. The van der Waals surface area contributed by atoms with Gasteiger partial charge in [-0.3, -0.25) is 0 Å². The number of fused-ring (bicyclic) bond motifs is 1. The van der Waals surface area contributed by atoms with E-state index in [1.54, 1.807) is 0 Å². The molecule has 0 aromatic heterocycles. The Kier molecular flexibility index (Phi) is 5.58. The lowest BCUT2D eigenvalue weighted by atomic mass is 10.1. The van der Waals surface area contributed by atoms with Crippen LogP contribution in [0.5, 0.6) is 0 Å². The lowest BCUT2D eigenvalue weighted by Gasteiger charge is -2.02. The molecule has 0 spiro atoms. The molecule has 2 rings (SSSR count). The van der Waals surface area contributed by atoms with Crippen LogP contribution in [0.1, 0.15) is 5.56 Å². The summed E-state index contributed by atoms with van der Waals surface area (Å²) in [5.74, 6) is -2.51. The van der Waals surface area contributed by atoms with Gasteiger partial charge in [-0.25, -0.2) is 9.59 Å². The summed E-state index contributed by atoms with van der Waals surface area (Å²) in [5.41, 5.74) is 8.67. The summed E-state index contributed by atoms with van der Waals surface area (Å²) in [5, 5.41) is 18.8. The quantitative estimate of drug-likeness (QED) is 0.610. The Labute approximate surface area is 115 Å². The van der Waals surface area contributed by atoms with E-state index >= 15 is 0 Å². The van der Waals surface area contributed by atoms with Crippen LogP contribution in [0.25, 0.3) is 6.08 Å². The van der Waals surface area contributed by atoms with Gasteiger partial charge >= 0.3 is 11.9 Å². The van der Waals surface area contributed by atoms with Gasteiger partial charge in [0.05, 0.1) is 0 Å². The number of rotatable bonds is 2. The van der Waals surface area contributed by atoms with E-state index in [4.69, 9.17) is 15.9 Å². The number of benzene rings is 1. The van der Waals surface area contributed by atoms with Crippen molar-refractivity contribution in [1.29, 1.82) is 0 Å². The highest BCUT2D eigenvalue weighted by molar-refractivity contribution is 5.89. The Morgan fingerprint density at radius 1 is 1.10 bits per heavy atom. The van der Waals surface area contributed by atoms with Crippen LogP contribution < -0.4 is 11.1 Å². The number of carboxylic acids is 2. The van der Waals surface area contributed by atoms with E-state index in [0.717, 1.165) is 16.9 Å². The van der Waals surface area contributed by atoms with Gasteiger partial charge in [-0.05, 0) is 23.8 Å². The van der Waals surface area contributed by atoms with Crippen molar-refractivity contribution >= 4 is 23.7 Å². The van der Waals surface area contributed by atoms with Crippen LogP contribution in [0.3, 0.4) is 0 Å². The SMILES string of the molecule is NC1=Cc2ccccc2NC=C1.O=C(O)/C=C\C(=O)O. The van der Waals surface area contributed by atoms with Gasteiger partial charge in [-0.1, -0.05) is 18.2 Å². The van der Waals surface area contributed by atoms with Crippen LogP contribution in [0.15, 0.2) is 54.4 Å². The molecule has 5 N–H and O–H groups in total. The Balaban J connectivity index is 0.000000221. The number of aliphatic carboxylic acids is 2. The van der Waals surface area contributed by atoms with Crippen LogP contribution in [0.2, 0.25) is 0 Å². The number of hydrogen-bond acceptors (Lipinski definition) is 4. The zero-order valence-electron chi connectivity index (χ0n) is 10.5. The molecule has 0 atom stereocenters. The first-order valence-corrected chi connectivity index (χ1v) is 5.62. The first-order chi connectivity index (χ1) is 9.49. The van der Waals surface area contributed by atoms with Crippen LogP contribution in [-0.2, 0) is 9.59 Å². The average molecular weight is 274 g/mol. The van der Waals surface area contributed by atoms with Gasteiger partial charge in [0, 0.05) is 29.7 Å². The largest absolute Gasteiger partial charge is 0.478 e. The van der Waals surface area contributed by atoms with Crippen molar-refractivity contribution in [1.82, 2.24) is 0 Å². The highest BCUT2D eigenvalue weighted by Gasteiger charge is 1.99. The van der Waals surface area contributed by atoms with Gasteiger partial charge in [0.1, 0.15) is 0 Å². The molecule has 1 aliphatic heterocycles. The predicted molar refractivity (Wildman–Crippen MR) is 75.8 cm³/mol. The molecule has 0 radical (unpaired) electrons. The van der Waals surface area contributed by atoms with Gasteiger partial charge in [0.25, 0.3) is 0 Å². The molecule has 0 unspecified atom stereocenters. The minimum absolute atomic E-state index is 0.558. The summed E-state index contributed by atoms with van der Waals surface area (Å²) < 4.78 is 0. The summed E-state index contributed by atoms with van der Waals surface area (Å²) in [6.45, 7) is 0. The summed E-state index contributed by atoms with van der Waals surface area (Å²) in [7, 11) is 0. The molecule has 0 amide bonds. The first kappa shape index (κ1) is 15.0. The van der Waals surface area contributed by atoms with E-state index < -0.39 is 11.9 Å². The predicted octanol–water partition coefficient (Wildman–Crippen LogP) is 1.64. The second-order valence-electron chi connectivity index (χ2n) is 3.72. The van der Waals surface area contributed by atoms with Crippen molar-refractivity contribution in [3.63, 3.8) is 0 Å². The molecule has 0 saturated heterocycles. The molecule has 20 heavy (non-hydrogen) atoms. The standard InChI is InChI=1S/C10H10N2.C4H4O4/c11-9-5-6-12-10-4-2-1-3-8(10)7-9;5-3(6)1-2-4(7)8/h1-7,12H,11H2;1-2H,(H,5,6)(H,7,8)/b;2-1-. The average Bonchev–Trinajstić information content (AvgIpc) is 2.57. The van der Waals surface area contributed by atoms with Crippen molar-refractivity contribution in [3.05, 3.63) is 60.0 Å². The van der Waals surface area contributed by atoms with Crippen molar-refractivity contribution in [2.24, 2.45) is 5.73 Å². The zero-order chi connectivity index (χ0) is 15.0. The van der Waals surface area contributed by atoms with Gasteiger partial charge in [-0.15, -0.1) is 0 Å². The van der Waals surface area contributed by atoms with E-state index in [0.29, 0.717) is 12.2 Å². The number of carbonyl (C=O) groups is 2. The summed E-state index contributed by atoms with van der Waals surface area (Å²) >= 11 is 0. The van der Waals surface area contributed by atoms with Gasteiger partial charge < -0.3 is 21.3 Å². The highest BCUT2D eigenvalue weighted by Crippen LogP contribution is 2.19. The molecular weight excluding hydrogens is 260 g/mol. The Hall–Kier alpha value is -3.02. The van der Waals surface area contributed by atoms with Crippen LogP contribution in [0.4, 0.5) is 5.69 Å². The van der Waals surface area contributed by atoms with Crippen LogP contribution in [-0.4, -0.2) is 22.2 Å². The molecule has 0 saturated carbocycles. The fraction of sp³-hybridized carbons (Fsp3) is 0. The normalized spacial score (nSPS) is 12.3. The second kappa shape index (κ2) is 7.42. The van der Waals surface area contributed by atoms with Crippen molar-refractivity contribution in [2.75, 3.05) is 5.32 Å². The molecule has 0 fully saturated rings. The summed E-state index contributed by atoms with van der Waals surface area (Å²) in [4.78, 5) is 19.1. The molecule has 104 valence electrons. The van der Waals surface area contributed by atoms with E-state index in [-0.39, 0.29) is 0 Å². The van der Waals surface area contributed by atoms with Crippen LogP contribution >= 0.6 is 0 Å². The van der Waals surface area contributed by atoms with E-state index in [2.05, 4.69) is 5.32 Å². The van der Waals surface area contributed by atoms with E-state index in [1.807, 2.05) is 42.6 Å². The minimum Gasteiger partial charge on any atom is -0.478 e. The summed E-state index contributed by atoms with van der Waals surface area (Å²) in [6.07, 6.45) is 6.76. The summed E-state index contributed by atoms with van der Waals surface area (Å²) in [6, 6.07) is 8.04. The maximum atomic E-state index is 9.55. The maximum Gasteiger partial charge on any atom is 0.328 e. The Morgan fingerprint density at radius 3 is 2.30 bits per heavy atom. The lowest BCUT2D eigenvalue weighted by molar-refractivity contribution is -0.134. The highest BCUT2D eigenvalue weighted by atomic mass is 16.4. The topological polar surface area (TPSA) is 113 Å². The number of allylic oxidation sites excluding steroid dienone is 1. The van der Waals surface area contributed by atoms with Crippen LogP contribution in [0, 0.1) is 0 Å². The maximum absolute atomic E-state index is 9.55. The molecule has 0 bridgehead atoms. The number of hydrogen-bond donors (Lipinski definition) is 4. The first-order valence-electron chi connectivity index (χ1n) is 5.62. The number of nitrogens with two attached hydrogens (primary N) is 1. The second-order valence-corrected chi connectivity index (χ2v) is 3.72. The molecular formula is C14H14N2O4. The monoisotopic (exact) mass is 274 g/mol. The van der Waals surface area contributed by atoms with Crippen molar-refractivity contribution < 1.29 is 19.8 Å². The van der Waals surface area contributed by atoms with Gasteiger partial charge in [0.2, 0.25) is 0 Å². The van der Waals surface area contributed by atoms with Crippen molar-refractivity contribution in [2.45, 2.75) is 0 Å². The molecule has 1 aromatic carbocycles. The third kappa shape index (κ3) is 5.54. The lowest BCUT2D eigenvalue weighted by Crippen LogP contribution is -1.91. The van der Waals surface area contributed by atoms with E-state index in [1.165, 1.54) is 0 Å². The Morgan fingerprint density at radius 2 is 1.70 bits per heavy atom. The Bertz CT molecular complexity index is 573. The molecule has 1 heterocycles. The number of nitrogens with one attached hydrogen (secondary N) is 1. The fourth-order valence-corrected chi connectivity index (χ4v) is 1.35.